The summed E-state index contributed by atoms with van der Waals surface area (Å²) in [5.41, 5.74) is 9.24. The van der Waals surface area contributed by atoms with Crippen molar-refractivity contribution in [2.45, 2.75) is 18.9 Å². The average molecular weight is 309 g/mol. The maximum Gasteiger partial charge on any atom is 0.251 e. The third kappa shape index (κ3) is 3.08. The summed E-state index contributed by atoms with van der Waals surface area (Å²) in [7, 11) is 0. The van der Waals surface area contributed by atoms with Crippen molar-refractivity contribution in [2.24, 2.45) is 5.73 Å². The molecule has 3 N–H and O–H groups in total. The summed E-state index contributed by atoms with van der Waals surface area (Å²) < 4.78 is 14.2. The molecule has 0 unspecified atom stereocenters. The van der Waals surface area contributed by atoms with Gasteiger partial charge in [-0.25, -0.2) is 4.39 Å². The van der Waals surface area contributed by atoms with Crippen LogP contribution < -0.4 is 11.1 Å². The van der Waals surface area contributed by atoms with Crippen molar-refractivity contribution in [3.8, 4) is 17.2 Å². The number of hydrogen-bond donors (Lipinski definition) is 2. The number of nitrogens with two attached hydrogens (primary N) is 1. The number of carbonyl (C=O) groups is 1. The number of nitrogens with zero attached hydrogens (tertiary/aromatic N) is 1. The molecule has 3 rings (SSSR count). The molecule has 0 saturated heterocycles. The molecule has 23 heavy (non-hydrogen) atoms. The Morgan fingerprint density at radius 3 is 2.74 bits per heavy atom. The van der Waals surface area contributed by atoms with Crippen molar-refractivity contribution in [3.05, 3.63) is 58.9 Å². The summed E-state index contributed by atoms with van der Waals surface area (Å²) in [6.45, 7) is 0.620. The standard InChI is InChI=1S/C18H16FN3O/c19-17-9-12(1-2-14(17)8-15(21)10-20)11-3-4-16-13(7-11)5-6-22-18(16)23/h1-4,7,9,15H,5-6,8,21H2,(H,22,23)/t15-/m0/s1. The predicted octanol–water partition coefficient (Wildman–Crippen LogP) is 2.17. The lowest BCUT2D eigenvalue weighted by Crippen LogP contribution is -2.31. The highest BCUT2D eigenvalue weighted by Crippen LogP contribution is 2.26. The van der Waals surface area contributed by atoms with E-state index in [0.717, 1.165) is 23.1 Å². The molecule has 1 atom stereocenters. The summed E-state index contributed by atoms with van der Waals surface area (Å²) in [4.78, 5) is 11.8. The van der Waals surface area contributed by atoms with Crippen LogP contribution in [0.2, 0.25) is 0 Å². The zero-order chi connectivity index (χ0) is 16.4. The molecule has 0 radical (unpaired) electrons. The van der Waals surface area contributed by atoms with Gasteiger partial charge in [0.25, 0.3) is 5.91 Å². The van der Waals surface area contributed by atoms with E-state index in [9.17, 15) is 9.18 Å². The van der Waals surface area contributed by atoms with Gasteiger partial charge >= 0.3 is 0 Å². The van der Waals surface area contributed by atoms with Crippen molar-refractivity contribution >= 4 is 5.91 Å². The van der Waals surface area contributed by atoms with Crippen molar-refractivity contribution in [2.75, 3.05) is 6.54 Å². The van der Waals surface area contributed by atoms with Gasteiger partial charge in [0, 0.05) is 18.5 Å². The number of benzene rings is 2. The average Bonchev–Trinajstić information content (AvgIpc) is 2.56. The van der Waals surface area contributed by atoms with E-state index in [-0.39, 0.29) is 18.1 Å². The fourth-order valence-corrected chi connectivity index (χ4v) is 2.78. The SMILES string of the molecule is N#C[C@@H](N)Cc1ccc(-c2ccc3c(c2)CCNC3=O)cc1F. The Bertz CT molecular complexity index is 810. The van der Waals surface area contributed by atoms with Gasteiger partial charge in [0.15, 0.2) is 0 Å². The lowest BCUT2D eigenvalue weighted by molar-refractivity contribution is 0.0946. The van der Waals surface area contributed by atoms with Gasteiger partial charge in [0.05, 0.1) is 12.1 Å². The number of amides is 1. The Morgan fingerprint density at radius 1 is 1.26 bits per heavy atom. The van der Waals surface area contributed by atoms with E-state index >= 15 is 0 Å². The number of halogens is 1. The molecule has 2 aromatic rings. The largest absolute Gasteiger partial charge is 0.352 e. The van der Waals surface area contributed by atoms with Crippen molar-refractivity contribution in [1.29, 1.82) is 5.26 Å². The summed E-state index contributed by atoms with van der Waals surface area (Å²) in [5, 5.41) is 11.5. The molecule has 1 heterocycles. The highest BCUT2D eigenvalue weighted by molar-refractivity contribution is 5.97. The van der Waals surface area contributed by atoms with Crippen molar-refractivity contribution in [3.63, 3.8) is 0 Å². The lowest BCUT2D eigenvalue weighted by atomic mass is 9.94. The zero-order valence-electron chi connectivity index (χ0n) is 12.5. The van der Waals surface area contributed by atoms with Crippen molar-refractivity contribution in [1.82, 2.24) is 5.32 Å². The molecule has 1 amide bonds. The molecule has 1 aliphatic rings. The van der Waals surface area contributed by atoms with E-state index in [4.69, 9.17) is 11.0 Å². The van der Waals surface area contributed by atoms with Crippen LogP contribution in [0, 0.1) is 17.1 Å². The molecule has 5 heteroatoms. The number of carbonyl (C=O) groups excluding carboxylic acids is 1. The first-order valence-corrected chi connectivity index (χ1v) is 7.43. The molecular weight excluding hydrogens is 293 g/mol. The number of nitrogens with one attached hydrogen (secondary N) is 1. The van der Waals surface area contributed by atoms with Crippen LogP contribution in [0.1, 0.15) is 21.5 Å². The lowest BCUT2D eigenvalue weighted by Gasteiger charge is -2.17. The van der Waals surface area contributed by atoms with Gasteiger partial charge in [-0.1, -0.05) is 24.3 Å². The second-order valence-electron chi connectivity index (χ2n) is 5.62. The summed E-state index contributed by atoms with van der Waals surface area (Å²) >= 11 is 0. The topological polar surface area (TPSA) is 78.9 Å². The highest BCUT2D eigenvalue weighted by atomic mass is 19.1. The summed E-state index contributed by atoms with van der Waals surface area (Å²) in [6, 6.07) is 11.6. The van der Waals surface area contributed by atoms with E-state index < -0.39 is 6.04 Å². The minimum Gasteiger partial charge on any atom is -0.352 e. The molecule has 1 aliphatic heterocycles. The molecular formula is C18H16FN3O. The second-order valence-corrected chi connectivity index (χ2v) is 5.62. The van der Waals surface area contributed by atoms with Crippen LogP contribution in [-0.4, -0.2) is 18.5 Å². The molecule has 2 aromatic carbocycles. The number of rotatable bonds is 3. The van der Waals surface area contributed by atoms with Crippen LogP contribution in [0.25, 0.3) is 11.1 Å². The first-order valence-electron chi connectivity index (χ1n) is 7.43. The second kappa shape index (κ2) is 6.19. The number of fused-ring (bicyclic) bond motifs is 1. The van der Waals surface area contributed by atoms with Gasteiger partial charge in [-0.3, -0.25) is 4.79 Å². The Labute approximate surface area is 133 Å². The van der Waals surface area contributed by atoms with Crippen LogP contribution in [-0.2, 0) is 12.8 Å². The molecule has 116 valence electrons. The summed E-state index contributed by atoms with van der Waals surface area (Å²) in [5.74, 6) is -0.437. The minimum absolute atomic E-state index is 0.0650. The van der Waals surface area contributed by atoms with Crippen LogP contribution in [0.5, 0.6) is 0 Å². The van der Waals surface area contributed by atoms with Crippen LogP contribution in [0.15, 0.2) is 36.4 Å². The number of nitriles is 1. The maximum atomic E-state index is 14.2. The molecule has 4 nitrogen and oxygen atoms in total. The van der Waals surface area contributed by atoms with E-state index in [0.29, 0.717) is 17.7 Å². The monoisotopic (exact) mass is 309 g/mol. The molecule has 0 aliphatic carbocycles. The smallest absolute Gasteiger partial charge is 0.251 e. The van der Waals surface area contributed by atoms with Crippen LogP contribution in [0.3, 0.4) is 0 Å². The first-order chi connectivity index (χ1) is 11.1. The van der Waals surface area contributed by atoms with Crippen LogP contribution in [0.4, 0.5) is 4.39 Å². The van der Waals surface area contributed by atoms with E-state index in [1.54, 1.807) is 12.1 Å². The van der Waals surface area contributed by atoms with Gasteiger partial charge in [0.2, 0.25) is 0 Å². The Hall–Kier alpha value is -2.71. The third-order valence-electron chi connectivity index (χ3n) is 4.02. The third-order valence-corrected chi connectivity index (χ3v) is 4.02. The van der Waals surface area contributed by atoms with E-state index in [2.05, 4.69) is 5.32 Å². The summed E-state index contributed by atoms with van der Waals surface area (Å²) in [6.07, 6.45) is 0.958. The highest BCUT2D eigenvalue weighted by Gasteiger charge is 2.17. The molecule has 0 bridgehead atoms. The van der Waals surface area contributed by atoms with E-state index in [1.807, 2.05) is 24.3 Å². The fourth-order valence-electron chi connectivity index (χ4n) is 2.78. The van der Waals surface area contributed by atoms with Gasteiger partial charge in [-0.05, 0) is 40.8 Å². The Balaban J connectivity index is 1.92. The molecule has 0 aromatic heterocycles. The quantitative estimate of drug-likeness (QED) is 0.912. The zero-order valence-corrected chi connectivity index (χ0v) is 12.5. The molecule has 0 fully saturated rings. The Morgan fingerprint density at radius 2 is 2.00 bits per heavy atom. The van der Waals surface area contributed by atoms with E-state index in [1.165, 1.54) is 6.07 Å². The van der Waals surface area contributed by atoms with Gasteiger partial charge in [-0.2, -0.15) is 5.26 Å². The maximum absolute atomic E-state index is 14.2. The van der Waals surface area contributed by atoms with Crippen molar-refractivity contribution < 1.29 is 9.18 Å². The van der Waals surface area contributed by atoms with Gasteiger partial charge in [0.1, 0.15) is 5.82 Å². The van der Waals surface area contributed by atoms with Crippen LogP contribution >= 0.6 is 0 Å². The van der Waals surface area contributed by atoms with Gasteiger partial charge in [-0.15, -0.1) is 0 Å². The number of hydrogen-bond acceptors (Lipinski definition) is 3. The fraction of sp³-hybridized carbons (Fsp3) is 0.222. The molecule has 0 spiro atoms. The Kier molecular flexibility index (Phi) is 4.09. The minimum atomic E-state index is -0.711. The van der Waals surface area contributed by atoms with Gasteiger partial charge < -0.3 is 11.1 Å². The predicted molar refractivity (Wildman–Crippen MR) is 85.2 cm³/mol. The first kappa shape index (κ1) is 15.2. The normalized spacial score (nSPS) is 14.6. The molecule has 0 saturated carbocycles.